The van der Waals surface area contributed by atoms with E-state index >= 15 is 0 Å². The fourth-order valence-corrected chi connectivity index (χ4v) is 2.18. The van der Waals surface area contributed by atoms with E-state index in [1.807, 2.05) is 5.38 Å². The summed E-state index contributed by atoms with van der Waals surface area (Å²) in [7, 11) is 1.55. The SMILES string of the molecule is COc1csc2ccc(F)c(N)c12. The van der Waals surface area contributed by atoms with Gasteiger partial charge in [0.1, 0.15) is 11.6 Å². The fourth-order valence-electron chi connectivity index (χ4n) is 1.25. The number of rotatable bonds is 1. The van der Waals surface area contributed by atoms with Crippen LogP contribution in [0.15, 0.2) is 17.5 Å². The predicted octanol–water partition coefficient (Wildman–Crippen LogP) is 2.63. The van der Waals surface area contributed by atoms with Crippen LogP contribution < -0.4 is 10.5 Å². The van der Waals surface area contributed by atoms with Crippen LogP contribution >= 0.6 is 11.3 Å². The lowest BCUT2D eigenvalue weighted by atomic mass is 10.2. The second-order valence-electron chi connectivity index (χ2n) is 2.64. The third-order valence-corrected chi connectivity index (χ3v) is 2.84. The first-order valence-electron chi connectivity index (χ1n) is 3.73. The van der Waals surface area contributed by atoms with Gasteiger partial charge in [-0.05, 0) is 12.1 Å². The molecule has 0 aliphatic carbocycles. The summed E-state index contributed by atoms with van der Waals surface area (Å²) in [6.07, 6.45) is 0. The van der Waals surface area contributed by atoms with E-state index in [1.165, 1.54) is 17.4 Å². The summed E-state index contributed by atoms with van der Waals surface area (Å²) in [6, 6.07) is 3.07. The number of hydrogen-bond acceptors (Lipinski definition) is 3. The van der Waals surface area contributed by atoms with Crippen molar-refractivity contribution in [3.8, 4) is 5.75 Å². The fraction of sp³-hybridized carbons (Fsp3) is 0.111. The van der Waals surface area contributed by atoms with Crippen LogP contribution in [-0.4, -0.2) is 7.11 Å². The number of thiophene rings is 1. The minimum Gasteiger partial charge on any atom is -0.495 e. The Hall–Kier alpha value is -1.29. The van der Waals surface area contributed by atoms with E-state index in [1.54, 1.807) is 13.2 Å². The van der Waals surface area contributed by atoms with Crippen molar-refractivity contribution in [2.75, 3.05) is 12.8 Å². The third kappa shape index (κ3) is 1.14. The van der Waals surface area contributed by atoms with Gasteiger partial charge >= 0.3 is 0 Å². The molecule has 0 aliphatic rings. The molecular weight excluding hydrogens is 189 g/mol. The summed E-state index contributed by atoms with van der Waals surface area (Å²) in [5.74, 6) is 0.237. The molecule has 0 unspecified atom stereocenters. The van der Waals surface area contributed by atoms with Crippen LogP contribution in [0.2, 0.25) is 0 Å². The molecule has 0 fully saturated rings. The van der Waals surface area contributed by atoms with Gasteiger partial charge in [-0.25, -0.2) is 4.39 Å². The first-order chi connectivity index (χ1) is 6.24. The van der Waals surface area contributed by atoms with Gasteiger partial charge in [0.2, 0.25) is 0 Å². The quantitative estimate of drug-likeness (QED) is 0.713. The minimum absolute atomic E-state index is 0.163. The molecule has 2 aromatic rings. The van der Waals surface area contributed by atoms with Gasteiger partial charge in [-0.3, -0.25) is 0 Å². The molecule has 1 aromatic heterocycles. The van der Waals surface area contributed by atoms with Gasteiger partial charge in [0.25, 0.3) is 0 Å². The summed E-state index contributed by atoms with van der Waals surface area (Å²) >= 11 is 1.49. The Bertz CT molecular complexity index is 452. The Morgan fingerprint density at radius 3 is 2.92 bits per heavy atom. The monoisotopic (exact) mass is 197 g/mol. The van der Waals surface area contributed by atoms with Crippen molar-refractivity contribution in [2.45, 2.75) is 0 Å². The second-order valence-corrected chi connectivity index (χ2v) is 3.55. The molecule has 0 saturated heterocycles. The highest BCUT2D eigenvalue weighted by Gasteiger charge is 2.10. The average molecular weight is 197 g/mol. The maximum absolute atomic E-state index is 13.1. The molecule has 0 saturated carbocycles. The molecule has 1 heterocycles. The summed E-state index contributed by atoms with van der Waals surface area (Å²) in [6.45, 7) is 0. The number of anilines is 1. The number of nitrogens with two attached hydrogens (primary N) is 1. The molecule has 0 amide bonds. The number of benzene rings is 1. The molecule has 2 rings (SSSR count). The van der Waals surface area contributed by atoms with Crippen LogP contribution in [0.4, 0.5) is 10.1 Å². The topological polar surface area (TPSA) is 35.2 Å². The van der Waals surface area contributed by atoms with Gasteiger partial charge in [-0.1, -0.05) is 0 Å². The minimum atomic E-state index is -0.399. The molecule has 0 aliphatic heterocycles. The van der Waals surface area contributed by atoms with Crippen LogP contribution in [0.25, 0.3) is 10.1 Å². The second kappa shape index (κ2) is 2.88. The Morgan fingerprint density at radius 1 is 1.46 bits per heavy atom. The largest absolute Gasteiger partial charge is 0.495 e. The molecular formula is C9H8FNOS. The lowest BCUT2D eigenvalue weighted by Crippen LogP contribution is -1.91. The molecule has 2 N–H and O–H groups in total. The maximum atomic E-state index is 13.1. The Kier molecular flexibility index (Phi) is 1.84. The molecule has 2 nitrogen and oxygen atoms in total. The van der Waals surface area contributed by atoms with E-state index < -0.39 is 5.82 Å². The summed E-state index contributed by atoms with van der Waals surface area (Å²) in [5.41, 5.74) is 5.75. The van der Waals surface area contributed by atoms with E-state index in [2.05, 4.69) is 0 Å². The number of nitrogen functional groups attached to an aromatic ring is 1. The zero-order chi connectivity index (χ0) is 9.42. The Morgan fingerprint density at radius 2 is 2.23 bits per heavy atom. The molecule has 1 aromatic carbocycles. The molecule has 0 atom stereocenters. The average Bonchev–Trinajstić information content (AvgIpc) is 2.55. The third-order valence-electron chi connectivity index (χ3n) is 1.91. The number of ether oxygens (including phenoxy) is 1. The van der Waals surface area contributed by atoms with Gasteiger partial charge in [0.15, 0.2) is 0 Å². The Balaban J connectivity index is 2.85. The van der Waals surface area contributed by atoms with Crippen molar-refractivity contribution in [3.63, 3.8) is 0 Å². The smallest absolute Gasteiger partial charge is 0.146 e. The van der Waals surface area contributed by atoms with Crippen molar-refractivity contribution in [1.82, 2.24) is 0 Å². The summed E-state index contributed by atoms with van der Waals surface area (Å²) in [4.78, 5) is 0. The first kappa shape index (κ1) is 8.31. The van der Waals surface area contributed by atoms with Crippen LogP contribution in [0.1, 0.15) is 0 Å². The van der Waals surface area contributed by atoms with Gasteiger partial charge in [-0.15, -0.1) is 11.3 Å². The zero-order valence-electron chi connectivity index (χ0n) is 7.00. The molecule has 0 bridgehead atoms. The number of halogens is 1. The van der Waals surface area contributed by atoms with E-state index in [-0.39, 0.29) is 5.69 Å². The number of hydrogen-bond donors (Lipinski definition) is 1. The normalized spacial score (nSPS) is 10.6. The van der Waals surface area contributed by atoms with Crippen molar-refractivity contribution >= 4 is 27.1 Å². The van der Waals surface area contributed by atoms with E-state index in [4.69, 9.17) is 10.5 Å². The lowest BCUT2D eigenvalue weighted by molar-refractivity contribution is 0.421. The zero-order valence-corrected chi connectivity index (χ0v) is 7.82. The summed E-state index contributed by atoms with van der Waals surface area (Å²) < 4.78 is 19.1. The van der Waals surface area contributed by atoms with Gasteiger partial charge in [0.05, 0.1) is 18.2 Å². The highest BCUT2D eigenvalue weighted by Crippen LogP contribution is 2.37. The van der Waals surface area contributed by atoms with Crippen LogP contribution in [0.5, 0.6) is 5.75 Å². The first-order valence-corrected chi connectivity index (χ1v) is 4.61. The number of methoxy groups -OCH3 is 1. The molecule has 13 heavy (non-hydrogen) atoms. The predicted molar refractivity (Wildman–Crippen MR) is 52.7 cm³/mol. The van der Waals surface area contributed by atoms with Crippen molar-refractivity contribution in [2.24, 2.45) is 0 Å². The van der Waals surface area contributed by atoms with Gasteiger partial charge < -0.3 is 10.5 Å². The van der Waals surface area contributed by atoms with Crippen LogP contribution in [0, 0.1) is 5.82 Å². The Labute approximate surface area is 78.7 Å². The highest BCUT2D eigenvalue weighted by atomic mass is 32.1. The van der Waals surface area contributed by atoms with Crippen molar-refractivity contribution in [3.05, 3.63) is 23.3 Å². The standard InChI is InChI=1S/C9H8FNOS/c1-12-6-4-13-7-3-2-5(10)9(11)8(6)7/h2-4H,11H2,1H3. The van der Waals surface area contributed by atoms with Crippen LogP contribution in [-0.2, 0) is 0 Å². The molecule has 68 valence electrons. The molecule has 4 heteroatoms. The van der Waals surface area contributed by atoms with E-state index in [0.717, 1.165) is 4.70 Å². The van der Waals surface area contributed by atoms with E-state index in [9.17, 15) is 4.39 Å². The summed E-state index contributed by atoms with van der Waals surface area (Å²) in [5, 5.41) is 2.49. The van der Waals surface area contributed by atoms with Crippen molar-refractivity contribution < 1.29 is 9.13 Å². The van der Waals surface area contributed by atoms with Gasteiger partial charge in [-0.2, -0.15) is 0 Å². The van der Waals surface area contributed by atoms with E-state index in [0.29, 0.717) is 11.1 Å². The van der Waals surface area contributed by atoms with Gasteiger partial charge in [0, 0.05) is 10.1 Å². The lowest BCUT2D eigenvalue weighted by Gasteiger charge is -2.01. The molecule has 0 spiro atoms. The molecule has 0 radical (unpaired) electrons. The van der Waals surface area contributed by atoms with Crippen molar-refractivity contribution in [1.29, 1.82) is 0 Å². The van der Waals surface area contributed by atoms with Crippen LogP contribution in [0.3, 0.4) is 0 Å². The number of fused-ring (bicyclic) bond motifs is 1. The maximum Gasteiger partial charge on any atom is 0.146 e. The highest BCUT2D eigenvalue weighted by molar-refractivity contribution is 7.17.